The predicted molar refractivity (Wildman–Crippen MR) is 100 cm³/mol. The Bertz CT molecular complexity index is 708. The molecule has 2 heterocycles. The van der Waals surface area contributed by atoms with Crippen LogP contribution in [0.1, 0.15) is 43.0 Å². The van der Waals surface area contributed by atoms with Crippen LogP contribution in [0.3, 0.4) is 0 Å². The fourth-order valence-electron chi connectivity index (χ4n) is 4.07. The van der Waals surface area contributed by atoms with Crippen molar-refractivity contribution < 1.29 is 19.1 Å². The first kappa shape index (κ1) is 19.2. The smallest absolute Gasteiger partial charge is 0.253 e. The van der Waals surface area contributed by atoms with Gasteiger partial charge in [0, 0.05) is 31.6 Å². The van der Waals surface area contributed by atoms with E-state index in [0.29, 0.717) is 38.2 Å². The maximum absolute atomic E-state index is 12.8. The van der Waals surface area contributed by atoms with Gasteiger partial charge in [-0.2, -0.15) is 0 Å². The van der Waals surface area contributed by atoms with Crippen molar-refractivity contribution in [2.24, 2.45) is 11.1 Å². The molecular weight excluding hydrogens is 346 g/mol. The number of carbonyl (C=O) groups is 3. The number of piperidine rings is 2. The van der Waals surface area contributed by atoms with E-state index in [4.69, 9.17) is 10.5 Å². The molecule has 2 aliphatic heterocycles. The molecule has 0 aliphatic carbocycles. The summed E-state index contributed by atoms with van der Waals surface area (Å²) >= 11 is 0. The molecule has 0 atom stereocenters. The topological polar surface area (TPSA) is 92.9 Å². The third-order valence-corrected chi connectivity index (χ3v) is 5.62. The molecule has 0 bridgehead atoms. The summed E-state index contributed by atoms with van der Waals surface area (Å²) in [5, 5.41) is 0. The number of benzene rings is 1. The first-order valence-electron chi connectivity index (χ1n) is 9.51. The van der Waals surface area contributed by atoms with Crippen LogP contribution in [0.25, 0.3) is 0 Å². The normalized spacial score (nSPS) is 19.2. The highest BCUT2D eigenvalue weighted by Crippen LogP contribution is 2.40. The number of ether oxygens (including phenoxy) is 1. The Hall–Kier alpha value is -2.57. The highest BCUT2D eigenvalue weighted by Gasteiger charge is 2.42. The highest BCUT2D eigenvalue weighted by molar-refractivity contribution is 5.94. The SMILES string of the molecule is CCOc1ccc(C(=O)N2CCC3(CCC(=O)N(CC(N)=O)C3)CC2)cc1. The van der Waals surface area contributed by atoms with Crippen molar-refractivity contribution in [3.05, 3.63) is 29.8 Å². The van der Waals surface area contributed by atoms with Crippen LogP contribution in [0.2, 0.25) is 0 Å². The van der Waals surface area contributed by atoms with Gasteiger partial charge in [0.15, 0.2) is 0 Å². The van der Waals surface area contributed by atoms with Crippen molar-refractivity contribution in [2.75, 3.05) is 32.8 Å². The summed E-state index contributed by atoms with van der Waals surface area (Å²) in [6.45, 7) is 4.37. The molecule has 2 saturated heterocycles. The van der Waals surface area contributed by atoms with Gasteiger partial charge in [0.2, 0.25) is 11.8 Å². The van der Waals surface area contributed by atoms with E-state index in [1.165, 1.54) is 0 Å². The highest BCUT2D eigenvalue weighted by atomic mass is 16.5. The summed E-state index contributed by atoms with van der Waals surface area (Å²) in [5.74, 6) is 0.290. The fourth-order valence-corrected chi connectivity index (χ4v) is 4.07. The van der Waals surface area contributed by atoms with E-state index in [2.05, 4.69) is 0 Å². The lowest BCUT2D eigenvalue weighted by atomic mass is 9.72. The Morgan fingerprint density at radius 1 is 1.15 bits per heavy atom. The van der Waals surface area contributed by atoms with Crippen molar-refractivity contribution in [3.63, 3.8) is 0 Å². The Morgan fingerprint density at radius 3 is 2.41 bits per heavy atom. The van der Waals surface area contributed by atoms with Crippen molar-refractivity contribution in [2.45, 2.75) is 32.6 Å². The van der Waals surface area contributed by atoms with Gasteiger partial charge >= 0.3 is 0 Å². The van der Waals surface area contributed by atoms with Crippen LogP contribution in [-0.4, -0.2) is 60.3 Å². The Morgan fingerprint density at radius 2 is 1.81 bits per heavy atom. The first-order chi connectivity index (χ1) is 12.9. The van der Waals surface area contributed by atoms with E-state index in [-0.39, 0.29) is 23.8 Å². The van der Waals surface area contributed by atoms with Crippen molar-refractivity contribution >= 4 is 17.7 Å². The standard InChI is InChI=1S/C20H27N3O4/c1-2-27-16-5-3-15(4-6-16)19(26)22-11-9-20(10-12-22)8-7-18(25)23(14-20)13-17(21)24/h3-6H,2,7-14H2,1H3,(H2,21,24). The van der Waals surface area contributed by atoms with Crippen molar-refractivity contribution in [3.8, 4) is 5.75 Å². The molecule has 1 spiro atoms. The molecule has 2 fully saturated rings. The minimum absolute atomic E-state index is 0.00711. The molecule has 7 heteroatoms. The second-order valence-corrected chi connectivity index (χ2v) is 7.47. The third kappa shape index (κ3) is 4.40. The summed E-state index contributed by atoms with van der Waals surface area (Å²) in [7, 11) is 0. The number of nitrogens with two attached hydrogens (primary N) is 1. The number of primary amides is 1. The predicted octanol–water partition coefficient (Wildman–Crippen LogP) is 1.42. The zero-order chi connectivity index (χ0) is 19.4. The van der Waals surface area contributed by atoms with Gasteiger partial charge < -0.3 is 20.3 Å². The molecule has 0 aromatic heterocycles. The first-order valence-corrected chi connectivity index (χ1v) is 9.51. The van der Waals surface area contributed by atoms with Gasteiger partial charge in [-0.05, 0) is 55.9 Å². The zero-order valence-electron chi connectivity index (χ0n) is 15.8. The lowest BCUT2D eigenvalue weighted by Gasteiger charge is -2.47. The number of nitrogens with zero attached hydrogens (tertiary/aromatic N) is 2. The zero-order valence-corrected chi connectivity index (χ0v) is 15.8. The number of hydrogen-bond donors (Lipinski definition) is 1. The van der Waals surface area contributed by atoms with E-state index in [0.717, 1.165) is 25.0 Å². The van der Waals surface area contributed by atoms with Crippen LogP contribution in [0.5, 0.6) is 5.75 Å². The van der Waals surface area contributed by atoms with Gasteiger partial charge in [0.1, 0.15) is 5.75 Å². The van der Waals surface area contributed by atoms with Crippen LogP contribution < -0.4 is 10.5 Å². The number of rotatable bonds is 5. The summed E-state index contributed by atoms with van der Waals surface area (Å²) in [6.07, 6.45) is 2.92. The quantitative estimate of drug-likeness (QED) is 0.845. The Labute approximate surface area is 159 Å². The van der Waals surface area contributed by atoms with Crippen LogP contribution in [0.4, 0.5) is 0 Å². The molecule has 3 rings (SSSR count). The largest absolute Gasteiger partial charge is 0.494 e. The van der Waals surface area contributed by atoms with E-state index in [1.807, 2.05) is 24.0 Å². The molecule has 7 nitrogen and oxygen atoms in total. The number of hydrogen-bond acceptors (Lipinski definition) is 4. The summed E-state index contributed by atoms with van der Waals surface area (Å²) in [6, 6.07) is 7.23. The molecule has 3 amide bonds. The Kier molecular flexibility index (Phi) is 5.68. The summed E-state index contributed by atoms with van der Waals surface area (Å²) in [5.41, 5.74) is 5.91. The van der Waals surface area contributed by atoms with Crippen molar-refractivity contribution in [1.29, 1.82) is 0 Å². The number of likely N-dealkylation sites (tertiary alicyclic amines) is 2. The molecule has 0 radical (unpaired) electrons. The van der Waals surface area contributed by atoms with Gasteiger partial charge in [0.25, 0.3) is 5.91 Å². The van der Waals surface area contributed by atoms with Gasteiger partial charge in [-0.3, -0.25) is 14.4 Å². The van der Waals surface area contributed by atoms with E-state index >= 15 is 0 Å². The van der Waals surface area contributed by atoms with E-state index in [9.17, 15) is 14.4 Å². The van der Waals surface area contributed by atoms with E-state index in [1.54, 1.807) is 17.0 Å². The average Bonchev–Trinajstić information content (AvgIpc) is 2.66. The van der Waals surface area contributed by atoms with Crippen LogP contribution in [0, 0.1) is 5.41 Å². The average molecular weight is 373 g/mol. The Balaban J connectivity index is 1.60. The molecule has 27 heavy (non-hydrogen) atoms. The molecular formula is C20H27N3O4. The maximum Gasteiger partial charge on any atom is 0.253 e. The monoisotopic (exact) mass is 373 g/mol. The van der Waals surface area contributed by atoms with E-state index < -0.39 is 5.91 Å². The molecule has 0 unspecified atom stereocenters. The summed E-state index contributed by atoms with van der Waals surface area (Å²) in [4.78, 5) is 39.5. The van der Waals surface area contributed by atoms with Gasteiger partial charge in [-0.15, -0.1) is 0 Å². The second-order valence-electron chi connectivity index (χ2n) is 7.47. The van der Waals surface area contributed by atoms with Crippen LogP contribution in [-0.2, 0) is 9.59 Å². The molecule has 1 aromatic rings. The molecule has 0 saturated carbocycles. The van der Waals surface area contributed by atoms with Gasteiger partial charge in [-0.1, -0.05) is 0 Å². The van der Waals surface area contributed by atoms with Gasteiger partial charge in [0.05, 0.1) is 13.2 Å². The lowest BCUT2D eigenvalue weighted by molar-refractivity contribution is -0.142. The number of carbonyl (C=O) groups excluding carboxylic acids is 3. The third-order valence-electron chi connectivity index (χ3n) is 5.62. The minimum Gasteiger partial charge on any atom is -0.494 e. The van der Waals surface area contributed by atoms with Crippen LogP contribution in [0.15, 0.2) is 24.3 Å². The molecule has 2 aliphatic rings. The molecule has 146 valence electrons. The fraction of sp³-hybridized carbons (Fsp3) is 0.550. The number of amides is 3. The maximum atomic E-state index is 12.8. The van der Waals surface area contributed by atoms with Crippen molar-refractivity contribution in [1.82, 2.24) is 9.80 Å². The second kappa shape index (κ2) is 7.98. The molecule has 2 N–H and O–H groups in total. The summed E-state index contributed by atoms with van der Waals surface area (Å²) < 4.78 is 5.42. The molecule has 1 aromatic carbocycles. The van der Waals surface area contributed by atoms with Gasteiger partial charge in [-0.25, -0.2) is 0 Å². The lowest BCUT2D eigenvalue weighted by Crippen LogP contribution is -2.53. The van der Waals surface area contributed by atoms with Crippen LogP contribution >= 0.6 is 0 Å². The minimum atomic E-state index is -0.483.